The number of thiophene rings is 1. The second-order valence-electron chi connectivity index (χ2n) is 5.46. The number of carbonyl (C=O) groups is 1. The molecule has 2 N–H and O–H groups in total. The van der Waals surface area contributed by atoms with Crippen LogP contribution in [0.15, 0.2) is 24.3 Å². The van der Waals surface area contributed by atoms with Crippen molar-refractivity contribution in [3.8, 4) is 0 Å². The van der Waals surface area contributed by atoms with E-state index in [-0.39, 0.29) is 5.91 Å². The molecule has 2 aromatic rings. The van der Waals surface area contributed by atoms with Crippen LogP contribution in [-0.2, 0) is 11.3 Å². The highest BCUT2D eigenvalue weighted by Gasteiger charge is 2.22. The van der Waals surface area contributed by atoms with E-state index in [1.807, 2.05) is 12.1 Å². The van der Waals surface area contributed by atoms with E-state index < -0.39 is 0 Å². The van der Waals surface area contributed by atoms with Crippen molar-refractivity contribution in [2.24, 2.45) is 0 Å². The number of carbonyl (C=O) groups excluding carboxylic acids is 1. The van der Waals surface area contributed by atoms with Crippen molar-refractivity contribution in [1.82, 2.24) is 10.6 Å². The molecule has 3 rings (SSSR count). The fraction of sp³-hybridized carbons (Fsp3) is 0.438. The number of nitrogens with one attached hydrogen (secondary N) is 2. The van der Waals surface area contributed by atoms with Crippen LogP contribution in [0.4, 0.5) is 0 Å². The summed E-state index contributed by atoms with van der Waals surface area (Å²) in [5.74, 6) is 0.180. The number of amides is 1. The molecular formula is C16H19ClN2OS. The van der Waals surface area contributed by atoms with E-state index in [2.05, 4.69) is 22.8 Å². The van der Waals surface area contributed by atoms with E-state index in [0.717, 1.165) is 42.8 Å². The number of fused-ring (bicyclic) bond motifs is 1. The largest absolute Gasteiger partial charge is 0.353 e. The molecule has 0 spiro atoms. The van der Waals surface area contributed by atoms with Gasteiger partial charge in [-0.1, -0.05) is 29.8 Å². The molecule has 0 unspecified atom stereocenters. The van der Waals surface area contributed by atoms with Crippen molar-refractivity contribution in [3.63, 3.8) is 0 Å². The van der Waals surface area contributed by atoms with Crippen molar-refractivity contribution in [1.29, 1.82) is 0 Å². The molecule has 1 aliphatic carbocycles. The molecule has 3 nitrogen and oxygen atoms in total. The molecule has 5 heteroatoms. The third-order valence-electron chi connectivity index (χ3n) is 3.59. The van der Waals surface area contributed by atoms with Gasteiger partial charge >= 0.3 is 0 Å². The van der Waals surface area contributed by atoms with E-state index in [0.29, 0.717) is 12.5 Å². The van der Waals surface area contributed by atoms with E-state index in [4.69, 9.17) is 11.6 Å². The Balaban J connectivity index is 1.41. The molecule has 1 saturated carbocycles. The Morgan fingerprint density at radius 3 is 2.90 bits per heavy atom. The number of rotatable bonds is 7. The molecule has 1 fully saturated rings. The minimum atomic E-state index is 0.180. The third-order valence-corrected chi connectivity index (χ3v) is 5.30. The first-order chi connectivity index (χ1) is 10.2. The predicted octanol–water partition coefficient (Wildman–Crippen LogP) is 3.70. The van der Waals surface area contributed by atoms with Crippen LogP contribution in [0.25, 0.3) is 10.1 Å². The zero-order chi connectivity index (χ0) is 14.7. The maximum Gasteiger partial charge on any atom is 0.220 e. The van der Waals surface area contributed by atoms with Gasteiger partial charge < -0.3 is 10.6 Å². The quantitative estimate of drug-likeness (QED) is 0.763. The summed E-state index contributed by atoms with van der Waals surface area (Å²) in [5.41, 5.74) is 0. The smallest absolute Gasteiger partial charge is 0.220 e. The van der Waals surface area contributed by atoms with Crippen LogP contribution < -0.4 is 10.6 Å². The molecular weight excluding hydrogens is 304 g/mol. The Bertz CT molecular complexity index is 636. The van der Waals surface area contributed by atoms with Crippen molar-refractivity contribution in [2.75, 3.05) is 6.54 Å². The Morgan fingerprint density at radius 2 is 2.14 bits per heavy atom. The zero-order valence-corrected chi connectivity index (χ0v) is 13.4. The zero-order valence-electron chi connectivity index (χ0n) is 11.8. The van der Waals surface area contributed by atoms with Gasteiger partial charge in [-0.25, -0.2) is 0 Å². The Labute approximate surface area is 133 Å². The second kappa shape index (κ2) is 6.77. The number of hydrogen-bond donors (Lipinski definition) is 2. The maximum atomic E-state index is 11.5. The van der Waals surface area contributed by atoms with E-state index in [1.54, 1.807) is 11.3 Å². The lowest BCUT2D eigenvalue weighted by molar-refractivity contribution is -0.121. The van der Waals surface area contributed by atoms with Crippen LogP contribution >= 0.6 is 22.9 Å². The highest BCUT2D eigenvalue weighted by molar-refractivity contribution is 7.19. The van der Waals surface area contributed by atoms with Crippen LogP contribution in [0.1, 0.15) is 30.6 Å². The van der Waals surface area contributed by atoms with Gasteiger partial charge in [-0.15, -0.1) is 11.3 Å². The SMILES string of the molecule is O=C(CCCNCc1sc2ccccc2c1Cl)NC1CC1. The van der Waals surface area contributed by atoms with Gasteiger partial charge in [0.1, 0.15) is 0 Å². The summed E-state index contributed by atoms with van der Waals surface area (Å²) in [5, 5.41) is 8.36. The van der Waals surface area contributed by atoms with Gasteiger partial charge in [0.25, 0.3) is 0 Å². The lowest BCUT2D eigenvalue weighted by atomic mass is 10.2. The first kappa shape index (κ1) is 14.8. The monoisotopic (exact) mass is 322 g/mol. The molecule has 1 aromatic carbocycles. The summed E-state index contributed by atoms with van der Waals surface area (Å²) in [7, 11) is 0. The predicted molar refractivity (Wildman–Crippen MR) is 88.9 cm³/mol. The lowest BCUT2D eigenvalue weighted by Gasteiger charge is -2.04. The average Bonchev–Trinajstić information content (AvgIpc) is 3.23. The van der Waals surface area contributed by atoms with Crippen molar-refractivity contribution >= 4 is 38.9 Å². The Morgan fingerprint density at radius 1 is 1.33 bits per heavy atom. The number of halogens is 1. The second-order valence-corrected chi connectivity index (χ2v) is 6.97. The van der Waals surface area contributed by atoms with Crippen molar-refractivity contribution < 1.29 is 4.79 Å². The Hall–Kier alpha value is -1.10. The van der Waals surface area contributed by atoms with Gasteiger partial charge in [-0.3, -0.25) is 4.79 Å². The average molecular weight is 323 g/mol. The first-order valence-electron chi connectivity index (χ1n) is 7.40. The summed E-state index contributed by atoms with van der Waals surface area (Å²) in [6.45, 7) is 1.60. The highest BCUT2D eigenvalue weighted by Crippen LogP contribution is 2.34. The molecule has 1 aliphatic rings. The van der Waals surface area contributed by atoms with Gasteiger partial charge in [0, 0.05) is 34.0 Å². The fourth-order valence-electron chi connectivity index (χ4n) is 2.28. The summed E-state index contributed by atoms with van der Waals surface area (Å²) in [6.07, 6.45) is 3.76. The molecule has 112 valence electrons. The van der Waals surface area contributed by atoms with Gasteiger partial charge in [0.05, 0.1) is 5.02 Å². The van der Waals surface area contributed by atoms with Crippen LogP contribution in [0.3, 0.4) is 0 Å². The number of hydrogen-bond acceptors (Lipinski definition) is 3. The summed E-state index contributed by atoms with van der Waals surface area (Å²) >= 11 is 8.12. The summed E-state index contributed by atoms with van der Waals surface area (Å²) < 4.78 is 1.23. The van der Waals surface area contributed by atoms with E-state index >= 15 is 0 Å². The minimum absolute atomic E-state index is 0.180. The lowest BCUT2D eigenvalue weighted by Crippen LogP contribution is -2.26. The first-order valence-corrected chi connectivity index (χ1v) is 8.59. The van der Waals surface area contributed by atoms with Crippen LogP contribution in [0.5, 0.6) is 0 Å². The van der Waals surface area contributed by atoms with Crippen LogP contribution in [-0.4, -0.2) is 18.5 Å². The fourth-order valence-corrected chi connectivity index (χ4v) is 3.75. The molecule has 0 radical (unpaired) electrons. The maximum absolute atomic E-state index is 11.5. The highest BCUT2D eigenvalue weighted by atomic mass is 35.5. The molecule has 0 atom stereocenters. The normalized spacial score (nSPS) is 14.5. The van der Waals surface area contributed by atoms with E-state index in [9.17, 15) is 4.79 Å². The van der Waals surface area contributed by atoms with Crippen molar-refractivity contribution in [3.05, 3.63) is 34.2 Å². The Kier molecular flexibility index (Phi) is 4.78. The molecule has 0 aliphatic heterocycles. The molecule has 21 heavy (non-hydrogen) atoms. The summed E-state index contributed by atoms with van der Waals surface area (Å²) in [4.78, 5) is 12.7. The molecule has 0 bridgehead atoms. The van der Waals surface area contributed by atoms with Gasteiger partial charge in [-0.2, -0.15) is 0 Å². The van der Waals surface area contributed by atoms with Crippen LogP contribution in [0, 0.1) is 0 Å². The van der Waals surface area contributed by atoms with Gasteiger partial charge in [0.2, 0.25) is 5.91 Å². The number of benzene rings is 1. The molecule has 0 saturated heterocycles. The van der Waals surface area contributed by atoms with Crippen LogP contribution in [0.2, 0.25) is 5.02 Å². The molecule has 1 heterocycles. The third kappa shape index (κ3) is 3.96. The van der Waals surface area contributed by atoms with Gasteiger partial charge in [0.15, 0.2) is 0 Å². The summed E-state index contributed by atoms with van der Waals surface area (Å²) in [6, 6.07) is 8.65. The van der Waals surface area contributed by atoms with E-state index in [1.165, 1.54) is 9.58 Å². The topological polar surface area (TPSA) is 41.1 Å². The molecule has 1 amide bonds. The van der Waals surface area contributed by atoms with Crippen molar-refractivity contribution in [2.45, 2.75) is 38.3 Å². The molecule has 1 aromatic heterocycles. The van der Waals surface area contributed by atoms with Gasteiger partial charge in [-0.05, 0) is 31.9 Å². The standard InChI is InChI=1S/C16H19ClN2OS/c17-16-12-4-1-2-5-13(12)21-14(16)10-18-9-3-6-15(20)19-11-7-8-11/h1-2,4-5,11,18H,3,6-10H2,(H,19,20). The minimum Gasteiger partial charge on any atom is -0.353 e.